The average molecular weight is 287 g/mol. The fraction of sp³-hybridized carbons (Fsp3) is 0.267. The number of aromatic amines is 1. The minimum absolute atomic E-state index is 0.207. The third kappa shape index (κ3) is 3.76. The van der Waals surface area contributed by atoms with E-state index in [2.05, 4.69) is 9.97 Å². The van der Waals surface area contributed by atoms with E-state index in [0.29, 0.717) is 17.7 Å². The smallest absolute Gasteiger partial charge is 0.238 e. The van der Waals surface area contributed by atoms with Gasteiger partial charge >= 0.3 is 0 Å². The van der Waals surface area contributed by atoms with Gasteiger partial charge in [0, 0.05) is 18.0 Å². The highest BCUT2D eigenvalue weighted by Gasteiger charge is 2.18. The van der Waals surface area contributed by atoms with Crippen LogP contribution in [0.15, 0.2) is 36.7 Å². The number of rotatable bonds is 5. The summed E-state index contributed by atoms with van der Waals surface area (Å²) in [5.41, 5.74) is 0.537. The number of aromatic nitrogens is 2. The van der Waals surface area contributed by atoms with Crippen molar-refractivity contribution in [3.8, 4) is 0 Å². The topological polar surface area (TPSA) is 75.3 Å². The van der Waals surface area contributed by atoms with Crippen molar-refractivity contribution >= 4 is 17.9 Å². The molecule has 1 N–H and O–H groups in total. The highest BCUT2D eigenvalue weighted by molar-refractivity contribution is 6.06. The molecule has 1 heterocycles. The molecule has 0 radical (unpaired) electrons. The molecule has 110 valence electrons. The Hall–Kier alpha value is -2.47. The molecule has 1 aromatic carbocycles. The molecule has 0 fully saturated rings. The van der Waals surface area contributed by atoms with Crippen molar-refractivity contribution in [1.29, 1.82) is 0 Å². The van der Waals surface area contributed by atoms with E-state index >= 15 is 0 Å². The zero-order valence-corrected chi connectivity index (χ0v) is 12.2. The molecule has 1 amide bonds. The molecule has 0 aliphatic rings. The first-order valence-electron chi connectivity index (χ1n) is 6.48. The minimum atomic E-state index is -0.496. The van der Waals surface area contributed by atoms with E-state index in [1.165, 1.54) is 6.20 Å². The van der Waals surface area contributed by atoms with Crippen molar-refractivity contribution in [2.45, 2.75) is 26.4 Å². The average Bonchev–Trinajstić information content (AvgIpc) is 2.97. The fourth-order valence-corrected chi connectivity index (χ4v) is 1.72. The predicted molar refractivity (Wildman–Crippen MR) is 77.8 cm³/mol. The first kappa shape index (κ1) is 14.9. The molecule has 2 aromatic rings. The second kappa shape index (κ2) is 5.88. The van der Waals surface area contributed by atoms with Gasteiger partial charge in [-0.15, -0.1) is 0 Å². The SMILES string of the molecule is CC(C)(C)ON(C=O)c1ccc(C(=O)c2ncc[nH]2)cc1. The van der Waals surface area contributed by atoms with Crippen LogP contribution >= 0.6 is 0 Å². The van der Waals surface area contributed by atoms with Crippen molar-refractivity contribution in [1.82, 2.24) is 9.97 Å². The minimum Gasteiger partial charge on any atom is -0.342 e. The van der Waals surface area contributed by atoms with E-state index in [-0.39, 0.29) is 11.6 Å². The summed E-state index contributed by atoms with van der Waals surface area (Å²) in [6.07, 6.45) is 3.70. The van der Waals surface area contributed by atoms with Gasteiger partial charge in [-0.05, 0) is 45.0 Å². The van der Waals surface area contributed by atoms with Crippen LogP contribution in [-0.4, -0.2) is 27.8 Å². The molecular weight excluding hydrogens is 270 g/mol. The van der Waals surface area contributed by atoms with Gasteiger partial charge in [0.05, 0.1) is 11.3 Å². The van der Waals surface area contributed by atoms with E-state index < -0.39 is 5.60 Å². The number of ketones is 1. The van der Waals surface area contributed by atoms with Crippen LogP contribution in [0.25, 0.3) is 0 Å². The second-order valence-corrected chi connectivity index (χ2v) is 5.45. The lowest BCUT2D eigenvalue weighted by molar-refractivity contribution is -0.120. The van der Waals surface area contributed by atoms with Crippen molar-refractivity contribution < 1.29 is 14.4 Å². The summed E-state index contributed by atoms with van der Waals surface area (Å²) in [5, 5.41) is 1.14. The van der Waals surface area contributed by atoms with Crippen LogP contribution < -0.4 is 5.06 Å². The number of benzene rings is 1. The summed E-state index contributed by atoms with van der Waals surface area (Å²) >= 11 is 0. The molecule has 21 heavy (non-hydrogen) atoms. The predicted octanol–water partition coefficient (Wildman–Crippen LogP) is 2.33. The lowest BCUT2D eigenvalue weighted by Gasteiger charge is -2.26. The number of anilines is 1. The summed E-state index contributed by atoms with van der Waals surface area (Å²) in [6, 6.07) is 6.55. The highest BCUT2D eigenvalue weighted by Crippen LogP contribution is 2.19. The van der Waals surface area contributed by atoms with Gasteiger partial charge in [0.25, 0.3) is 0 Å². The molecule has 0 atom stereocenters. The maximum atomic E-state index is 12.1. The van der Waals surface area contributed by atoms with Crippen LogP contribution in [0.3, 0.4) is 0 Å². The maximum Gasteiger partial charge on any atom is 0.238 e. The molecule has 2 rings (SSSR count). The number of hydroxylamine groups is 1. The van der Waals surface area contributed by atoms with Gasteiger partial charge in [-0.25, -0.2) is 4.98 Å². The Morgan fingerprint density at radius 1 is 1.29 bits per heavy atom. The molecule has 6 heteroatoms. The van der Waals surface area contributed by atoms with Crippen LogP contribution in [0.2, 0.25) is 0 Å². The third-order valence-corrected chi connectivity index (χ3v) is 2.57. The quantitative estimate of drug-likeness (QED) is 0.520. The van der Waals surface area contributed by atoms with Crippen LogP contribution in [0.5, 0.6) is 0 Å². The molecule has 0 saturated heterocycles. The molecule has 0 aliphatic heterocycles. The summed E-state index contributed by atoms with van der Waals surface area (Å²) < 4.78 is 0. The normalized spacial score (nSPS) is 11.2. The number of H-pyrrole nitrogens is 1. The Labute approximate surface area is 122 Å². The largest absolute Gasteiger partial charge is 0.342 e. The maximum absolute atomic E-state index is 12.1. The number of carbonyl (C=O) groups excluding carboxylic acids is 2. The summed E-state index contributed by atoms with van der Waals surface area (Å²) in [4.78, 5) is 35.4. The van der Waals surface area contributed by atoms with E-state index in [0.717, 1.165) is 5.06 Å². The molecule has 0 saturated carbocycles. The summed E-state index contributed by atoms with van der Waals surface area (Å²) in [5.74, 6) is 0.0712. The Balaban J connectivity index is 2.18. The van der Waals surface area contributed by atoms with Gasteiger partial charge in [-0.1, -0.05) is 0 Å². The first-order valence-corrected chi connectivity index (χ1v) is 6.48. The van der Waals surface area contributed by atoms with Crippen LogP contribution in [-0.2, 0) is 9.63 Å². The number of nitrogens with one attached hydrogen (secondary N) is 1. The van der Waals surface area contributed by atoms with Crippen LogP contribution in [0.1, 0.15) is 37.0 Å². The van der Waals surface area contributed by atoms with Gasteiger partial charge < -0.3 is 4.98 Å². The van der Waals surface area contributed by atoms with Gasteiger partial charge in [-0.3, -0.25) is 14.4 Å². The molecule has 0 bridgehead atoms. The third-order valence-electron chi connectivity index (χ3n) is 2.57. The number of imidazole rings is 1. The van der Waals surface area contributed by atoms with Gasteiger partial charge in [0.2, 0.25) is 12.2 Å². The van der Waals surface area contributed by atoms with Gasteiger partial charge in [0.15, 0.2) is 5.82 Å². The standard InChI is InChI=1S/C15H17N3O3/c1-15(2,3)21-18(10-19)12-6-4-11(5-7-12)13(20)14-16-8-9-17-14/h4-10H,1-3H3,(H,16,17). The Bertz CT molecular complexity index is 613. The van der Waals surface area contributed by atoms with E-state index in [9.17, 15) is 9.59 Å². The molecular formula is C15H17N3O3. The number of carbonyl (C=O) groups is 2. The summed E-state index contributed by atoms with van der Waals surface area (Å²) in [6.45, 7) is 5.54. The zero-order valence-electron chi connectivity index (χ0n) is 12.2. The fourth-order valence-electron chi connectivity index (χ4n) is 1.72. The number of amides is 1. The number of hydrogen-bond acceptors (Lipinski definition) is 4. The lowest BCUT2D eigenvalue weighted by Crippen LogP contribution is -2.33. The highest BCUT2D eigenvalue weighted by atomic mass is 16.7. The van der Waals surface area contributed by atoms with E-state index in [1.807, 2.05) is 20.8 Å². The molecule has 0 unspecified atom stereocenters. The zero-order chi connectivity index (χ0) is 15.5. The van der Waals surface area contributed by atoms with Crippen LogP contribution in [0.4, 0.5) is 5.69 Å². The van der Waals surface area contributed by atoms with Crippen LogP contribution in [0, 0.1) is 0 Å². The molecule has 0 spiro atoms. The van der Waals surface area contributed by atoms with E-state index in [4.69, 9.17) is 4.84 Å². The Morgan fingerprint density at radius 3 is 2.43 bits per heavy atom. The van der Waals surface area contributed by atoms with Gasteiger partial charge in [-0.2, -0.15) is 5.06 Å². The van der Waals surface area contributed by atoms with E-state index in [1.54, 1.807) is 30.5 Å². The van der Waals surface area contributed by atoms with Gasteiger partial charge in [0.1, 0.15) is 0 Å². The Kier molecular flexibility index (Phi) is 4.18. The van der Waals surface area contributed by atoms with Crippen molar-refractivity contribution in [2.75, 3.05) is 5.06 Å². The Morgan fingerprint density at radius 2 is 1.95 bits per heavy atom. The van der Waals surface area contributed by atoms with Crippen molar-refractivity contribution in [3.63, 3.8) is 0 Å². The number of hydrogen-bond donors (Lipinski definition) is 1. The van der Waals surface area contributed by atoms with Crippen molar-refractivity contribution in [2.24, 2.45) is 0 Å². The molecule has 1 aromatic heterocycles. The van der Waals surface area contributed by atoms with Crippen molar-refractivity contribution in [3.05, 3.63) is 48.0 Å². The molecule has 6 nitrogen and oxygen atoms in total. The number of nitrogens with zero attached hydrogens (tertiary/aromatic N) is 2. The second-order valence-electron chi connectivity index (χ2n) is 5.45. The monoisotopic (exact) mass is 287 g/mol. The lowest BCUT2D eigenvalue weighted by atomic mass is 10.1. The molecule has 0 aliphatic carbocycles. The summed E-state index contributed by atoms with van der Waals surface area (Å²) in [7, 11) is 0. The first-order chi connectivity index (χ1) is 9.90.